The third-order valence-electron chi connectivity index (χ3n) is 2.66. The van der Waals surface area contributed by atoms with Crippen molar-refractivity contribution >= 4 is 34.6 Å². The topological polar surface area (TPSA) is 92.5 Å². The van der Waals surface area contributed by atoms with E-state index < -0.39 is 28.0 Å². The van der Waals surface area contributed by atoms with Gasteiger partial charge < -0.3 is 10.4 Å². The van der Waals surface area contributed by atoms with Crippen molar-refractivity contribution in [1.82, 2.24) is 0 Å². The molecule has 2 aromatic rings. The van der Waals surface area contributed by atoms with E-state index in [-0.39, 0.29) is 10.7 Å². The molecule has 0 heterocycles. The van der Waals surface area contributed by atoms with Crippen molar-refractivity contribution in [1.29, 1.82) is 0 Å². The van der Waals surface area contributed by atoms with E-state index in [4.69, 9.17) is 16.7 Å². The van der Waals surface area contributed by atoms with Crippen molar-refractivity contribution in [3.05, 3.63) is 62.9 Å². The summed E-state index contributed by atoms with van der Waals surface area (Å²) in [7, 11) is 0. The van der Waals surface area contributed by atoms with Gasteiger partial charge in [-0.05, 0) is 18.2 Å². The van der Waals surface area contributed by atoms with Crippen LogP contribution >= 0.6 is 11.6 Å². The molecule has 0 spiro atoms. The number of aromatic carboxylic acids is 1. The van der Waals surface area contributed by atoms with Crippen molar-refractivity contribution in [2.45, 2.75) is 0 Å². The van der Waals surface area contributed by atoms with Gasteiger partial charge in [0.1, 0.15) is 11.5 Å². The summed E-state index contributed by atoms with van der Waals surface area (Å²) in [5.41, 5.74) is -1.08. The highest BCUT2D eigenvalue weighted by molar-refractivity contribution is 6.33. The highest BCUT2D eigenvalue weighted by atomic mass is 35.5. The second-order valence-electron chi connectivity index (χ2n) is 4.02. The lowest BCUT2D eigenvalue weighted by Crippen LogP contribution is -2.05. The van der Waals surface area contributed by atoms with E-state index >= 15 is 0 Å². The molecule has 0 aromatic heterocycles. The van der Waals surface area contributed by atoms with E-state index in [9.17, 15) is 19.3 Å². The van der Waals surface area contributed by atoms with Gasteiger partial charge in [-0.15, -0.1) is 0 Å². The predicted molar refractivity (Wildman–Crippen MR) is 74.7 cm³/mol. The minimum absolute atomic E-state index is 0.160. The molecule has 2 N–H and O–H groups in total. The first-order valence-electron chi connectivity index (χ1n) is 5.63. The van der Waals surface area contributed by atoms with Gasteiger partial charge in [-0.3, -0.25) is 10.1 Å². The number of carbonyl (C=O) groups is 1. The minimum Gasteiger partial charge on any atom is -0.478 e. The molecule has 0 saturated carbocycles. The molecule has 2 rings (SSSR count). The maximum Gasteiger partial charge on any atom is 0.338 e. The Morgan fingerprint density at radius 2 is 1.95 bits per heavy atom. The third-order valence-corrected chi connectivity index (χ3v) is 2.99. The monoisotopic (exact) mass is 310 g/mol. The highest BCUT2D eigenvalue weighted by Gasteiger charge is 2.22. The number of carboxylic acids is 1. The van der Waals surface area contributed by atoms with Gasteiger partial charge in [-0.2, -0.15) is 0 Å². The van der Waals surface area contributed by atoms with Crippen LogP contribution in [0.5, 0.6) is 0 Å². The number of hydrogen-bond acceptors (Lipinski definition) is 4. The fraction of sp³-hybridized carbons (Fsp3) is 0. The van der Waals surface area contributed by atoms with Gasteiger partial charge in [0.15, 0.2) is 0 Å². The fourth-order valence-corrected chi connectivity index (χ4v) is 1.87. The lowest BCUT2D eigenvalue weighted by molar-refractivity contribution is -0.384. The average Bonchev–Trinajstić information content (AvgIpc) is 2.42. The summed E-state index contributed by atoms with van der Waals surface area (Å²) < 4.78 is 13.5. The van der Waals surface area contributed by atoms with Crippen molar-refractivity contribution in [2.75, 3.05) is 5.32 Å². The molecule has 0 atom stereocenters. The van der Waals surface area contributed by atoms with Crippen molar-refractivity contribution in [3.63, 3.8) is 0 Å². The fourth-order valence-electron chi connectivity index (χ4n) is 1.69. The van der Waals surface area contributed by atoms with Gasteiger partial charge in [0.05, 0.1) is 27.3 Å². The smallest absolute Gasteiger partial charge is 0.338 e. The highest BCUT2D eigenvalue weighted by Crippen LogP contribution is 2.32. The lowest BCUT2D eigenvalue weighted by atomic mass is 10.1. The molecule has 0 aliphatic rings. The molecular weight excluding hydrogens is 303 g/mol. The number of rotatable bonds is 4. The number of benzene rings is 2. The van der Waals surface area contributed by atoms with E-state index in [0.717, 1.165) is 6.07 Å². The third kappa shape index (κ3) is 3.09. The van der Waals surface area contributed by atoms with Crippen LogP contribution in [-0.2, 0) is 0 Å². The molecule has 108 valence electrons. The Bertz CT molecular complexity index is 736. The Morgan fingerprint density at radius 1 is 1.29 bits per heavy atom. The Kier molecular flexibility index (Phi) is 4.04. The maximum atomic E-state index is 13.5. The normalized spacial score (nSPS) is 10.2. The molecule has 0 aliphatic carbocycles. The number of nitrogens with zero attached hydrogens (tertiary/aromatic N) is 1. The van der Waals surface area contributed by atoms with Crippen LogP contribution in [0.4, 0.5) is 21.5 Å². The van der Waals surface area contributed by atoms with Gasteiger partial charge in [-0.1, -0.05) is 23.7 Å². The Labute approximate surface area is 122 Å². The zero-order valence-electron chi connectivity index (χ0n) is 10.3. The van der Waals surface area contributed by atoms with Crippen LogP contribution in [0, 0.1) is 15.9 Å². The van der Waals surface area contributed by atoms with Gasteiger partial charge in [-0.25, -0.2) is 9.18 Å². The minimum atomic E-state index is -1.52. The number of nitro groups is 1. The Hall–Kier alpha value is -2.67. The molecule has 0 amide bonds. The van der Waals surface area contributed by atoms with Crippen molar-refractivity contribution < 1.29 is 19.2 Å². The molecule has 2 aromatic carbocycles. The van der Waals surface area contributed by atoms with Crippen LogP contribution in [0.1, 0.15) is 10.4 Å². The summed E-state index contributed by atoms with van der Waals surface area (Å²) in [4.78, 5) is 21.0. The lowest BCUT2D eigenvalue weighted by Gasteiger charge is -2.10. The molecule has 8 heteroatoms. The molecule has 0 aliphatic heterocycles. The average molecular weight is 311 g/mol. The molecule has 0 radical (unpaired) electrons. The largest absolute Gasteiger partial charge is 0.478 e. The number of hydrogen-bond donors (Lipinski definition) is 2. The number of anilines is 2. The van der Waals surface area contributed by atoms with Crippen LogP contribution in [-0.4, -0.2) is 16.0 Å². The first-order chi connectivity index (χ1) is 9.90. The van der Waals surface area contributed by atoms with Crippen molar-refractivity contribution in [2.24, 2.45) is 0 Å². The van der Waals surface area contributed by atoms with E-state index in [0.29, 0.717) is 11.8 Å². The first kappa shape index (κ1) is 14.7. The quantitative estimate of drug-likeness (QED) is 0.661. The van der Waals surface area contributed by atoms with Gasteiger partial charge in [0.2, 0.25) is 0 Å². The zero-order valence-corrected chi connectivity index (χ0v) is 11.1. The molecule has 0 bridgehead atoms. The van der Waals surface area contributed by atoms with Crippen LogP contribution in [0.25, 0.3) is 0 Å². The summed E-state index contributed by atoms with van der Waals surface area (Å²) in [5.74, 6) is -2.71. The SMILES string of the molecule is O=C(O)c1cc(Nc2ccccc2Cl)c([N+](=O)[O-])cc1F. The Balaban J connectivity index is 2.55. The number of halogens is 2. The summed E-state index contributed by atoms with van der Waals surface area (Å²) in [6, 6.07) is 7.83. The second-order valence-corrected chi connectivity index (χ2v) is 4.42. The number of nitro benzene ring substituents is 1. The van der Waals surface area contributed by atoms with Gasteiger partial charge >= 0.3 is 5.97 Å². The molecule has 6 nitrogen and oxygen atoms in total. The van der Waals surface area contributed by atoms with E-state index in [1.54, 1.807) is 24.3 Å². The van der Waals surface area contributed by atoms with Crippen LogP contribution in [0.2, 0.25) is 5.02 Å². The van der Waals surface area contributed by atoms with Crippen LogP contribution in [0.3, 0.4) is 0 Å². The molecular formula is C13H8ClFN2O4. The van der Waals surface area contributed by atoms with Crippen molar-refractivity contribution in [3.8, 4) is 0 Å². The summed E-state index contributed by atoms with van der Waals surface area (Å²) in [6.07, 6.45) is 0. The van der Waals surface area contributed by atoms with Crippen LogP contribution < -0.4 is 5.32 Å². The zero-order chi connectivity index (χ0) is 15.6. The number of para-hydroxylation sites is 1. The van der Waals surface area contributed by atoms with Gasteiger partial charge in [0, 0.05) is 0 Å². The molecule has 21 heavy (non-hydrogen) atoms. The molecule has 0 saturated heterocycles. The van der Waals surface area contributed by atoms with E-state index in [2.05, 4.69) is 5.32 Å². The van der Waals surface area contributed by atoms with E-state index in [1.165, 1.54) is 0 Å². The maximum absolute atomic E-state index is 13.5. The standard InChI is InChI=1S/C13H8ClFN2O4/c14-8-3-1-2-4-10(8)16-11-5-7(13(18)19)9(15)6-12(11)17(20)21/h1-6,16H,(H,18,19). The summed E-state index contributed by atoms with van der Waals surface area (Å²) in [6.45, 7) is 0. The summed E-state index contributed by atoms with van der Waals surface area (Å²) >= 11 is 5.92. The number of carboxylic acid groups (broad SMARTS) is 1. The summed E-state index contributed by atoms with van der Waals surface area (Å²) in [5, 5.41) is 22.8. The molecule has 0 unspecified atom stereocenters. The second kappa shape index (κ2) is 5.76. The van der Waals surface area contributed by atoms with E-state index in [1.807, 2.05) is 0 Å². The number of nitrogens with one attached hydrogen (secondary N) is 1. The first-order valence-corrected chi connectivity index (χ1v) is 6.00. The Morgan fingerprint density at radius 3 is 2.52 bits per heavy atom. The van der Waals surface area contributed by atoms with Gasteiger partial charge in [0.25, 0.3) is 5.69 Å². The molecule has 0 fully saturated rings. The predicted octanol–water partition coefficient (Wildman–Crippen LogP) is 3.83. The van der Waals surface area contributed by atoms with Crippen LogP contribution in [0.15, 0.2) is 36.4 Å².